The van der Waals surface area contributed by atoms with Crippen molar-refractivity contribution in [3.8, 4) is 22.6 Å². The molecule has 9 N–H and O–H groups in total. The van der Waals surface area contributed by atoms with Crippen molar-refractivity contribution < 1.29 is 83.0 Å². The predicted octanol–water partition coefficient (Wildman–Crippen LogP) is 6.25. The second-order valence-electron chi connectivity index (χ2n) is 25.0. The van der Waals surface area contributed by atoms with E-state index < -0.39 is 60.3 Å². The molecule has 89 heavy (non-hydrogen) atoms. The fourth-order valence-corrected chi connectivity index (χ4v) is 16.0. The lowest BCUT2D eigenvalue weighted by Gasteiger charge is -2.69. The van der Waals surface area contributed by atoms with Crippen molar-refractivity contribution in [3.05, 3.63) is 113 Å². The summed E-state index contributed by atoms with van der Waals surface area (Å²) in [5, 5.41) is 69.5. The van der Waals surface area contributed by atoms with Gasteiger partial charge >= 0.3 is 24.0 Å². The first-order valence-corrected chi connectivity index (χ1v) is 30.6. The number of rotatable bonds is 25. The maximum Gasteiger partial charge on any atom is 0.410 e. The summed E-state index contributed by atoms with van der Waals surface area (Å²) in [5.41, 5.74) is 9.84. The number of carbonyl (C=O) groups excluding carboxylic acids is 2. The van der Waals surface area contributed by atoms with E-state index >= 15 is 0 Å². The van der Waals surface area contributed by atoms with Crippen molar-refractivity contribution >= 4 is 62.4 Å². The Balaban J connectivity index is 0.757. The van der Waals surface area contributed by atoms with Crippen LogP contribution in [0, 0.1) is 23.2 Å². The largest absolute Gasteiger partial charge is 0.491 e. The number of carbonyl (C=O) groups is 5. The average Bonchev–Trinajstić information content (AvgIpc) is 0.789. The van der Waals surface area contributed by atoms with Gasteiger partial charge in [-0.3, -0.25) is 19.6 Å². The number of hydrogen-bond acceptors (Lipinski definition) is 20. The molecule has 2 amide bonds. The van der Waals surface area contributed by atoms with Crippen LogP contribution in [0.4, 0.5) is 15.7 Å². The lowest BCUT2D eigenvalue weighted by atomic mass is 9.39. The van der Waals surface area contributed by atoms with E-state index in [2.05, 4.69) is 24.1 Å². The highest BCUT2D eigenvalue weighted by molar-refractivity contribution is 7.22. The number of nitrogens with zero attached hydrogens (tertiary/aromatic N) is 6. The van der Waals surface area contributed by atoms with Gasteiger partial charge in [-0.25, -0.2) is 24.4 Å². The molecule has 5 heterocycles. The summed E-state index contributed by atoms with van der Waals surface area (Å²) >= 11 is 1.40. The third-order valence-corrected chi connectivity index (χ3v) is 18.7. The van der Waals surface area contributed by atoms with E-state index in [-0.39, 0.29) is 98.4 Å². The Morgan fingerprint density at radius 3 is 2.37 bits per heavy atom. The Bertz CT molecular complexity index is 3600. The van der Waals surface area contributed by atoms with E-state index in [0.29, 0.717) is 65.7 Å². The molecule has 1 saturated heterocycles. The van der Waals surface area contributed by atoms with Crippen LogP contribution >= 0.6 is 11.3 Å². The zero-order valence-electron chi connectivity index (χ0n) is 49.7. The number of ether oxygens (including phenoxy) is 6. The summed E-state index contributed by atoms with van der Waals surface area (Å²) in [6.07, 6.45) is -2.99. The number of nitrogens with one attached hydrogen (secondary N) is 1. The standard InChI is InChI=1S/C63H74N8O17S/c1-36-42(40-13-14-47(67-49(40)55(78)79)70-18-15-37-7-6-8-41(43(37)27-70)54(77)68-58-66-44-9-4-5-10-46(44)89-58)26-65-71(36)35-62-30-60(2)29-61(3,31-62)33-63(32-60,34-62)86-22-20-69(19-16-48(72)73)59(82)85-28-38-11-12-39(25-45(38)84-24-23-83-21-17-64)87-57-52(76)50(74)51(75)53(88-57)56(80)81/h4-14,25-26,50-53,57,74-76H,15-24,27-35,64H2,1-3H3,(H,72,73)(H,78,79)(H,80,81)(H,66,68,77)/t50-,51-,52+,53-,57+,60?,61?,62?,63?/m0/s1. The first kappa shape index (κ1) is 62.8. The summed E-state index contributed by atoms with van der Waals surface area (Å²) < 4.78 is 38.2. The second-order valence-corrected chi connectivity index (χ2v) is 26.0. The van der Waals surface area contributed by atoms with Crippen LogP contribution in [0.15, 0.2) is 79.0 Å². The van der Waals surface area contributed by atoms with Gasteiger partial charge < -0.3 is 74.6 Å². The fourth-order valence-electron chi connectivity index (χ4n) is 15.1. The van der Waals surface area contributed by atoms with Crippen molar-refractivity contribution in [1.29, 1.82) is 0 Å². The van der Waals surface area contributed by atoms with E-state index in [1.807, 2.05) is 59.0 Å². The maximum atomic E-state index is 14.0. The number of aromatic nitrogens is 4. The van der Waals surface area contributed by atoms with Crippen LogP contribution in [0.25, 0.3) is 21.3 Å². The molecule has 0 spiro atoms. The van der Waals surface area contributed by atoms with Crippen molar-refractivity contribution in [2.75, 3.05) is 62.8 Å². The van der Waals surface area contributed by atoms with E-state index in [1.165, 1.54) is 34.4 Å². The lowest BCUT2D eigenvalue weighted by Crippen LogP contribution is -2.64. The Kier molecular flexibility index (Phi) is 18.0. The number of carboxylic acids is 3. The molecule has 5 fully saturated rings. The summed E-state index contributed by atoms with van der Waals surface area (Å²) in [6.45, 7) is 8.28. The highest BCUT2D eigenvalue weighted by Gasteiger charge is 2.66. The number of pyridine rings is 1. The smallest absolute Gasteiger partial charge is 0.410 e. The first-order valence-electron chi connectivity index (χ1n) is 29.7. The molecule has 4 bridgehead atoms. The number of aromatic carboxylic acids is 1. The molecule has 6 aliphatic rings. The summed E-state index contributed by atoms with van der Waals surface area (Å²) in [6, 6.07) is 21.3. The Hall–Kier alpha value is -7.82. The highest BCUT2D eigenvalue weighted by atomic mass is 32.1. The van der Waals surface area contributed by atoms with Crippen LogP contribution in [-0.4, -0.2) is 174 Å². The maximum absolute atomic E-state index is 14.0. The van der Waals surface area contributed by atoms with Crippen molar-refractivity contribution in [2.45, 2.75) is 128 Å². The van der Waals surface area contributed by atoms with E-state index in [0.717, 1.165) is 59.1 Å². The van der Waals surface area contributed by atoms with Gasteiger partial charge in [0.1, 0.15) is 48.8 Å². The number of hydrogen-bond donors (Lipinski definition) is 8. The predicted molar refractivity (Wildman–Crippen MR) is 322 cm³/mol. The molecule has 6 aromatic rings. The summed E-state index contributed by atoms with van der Waals surface area (Å²) in [7, 11) is 0. The Morgan fingerprint density at radius 1 is 0.843 bits per heavy atom. The molecule has 25 nitrogen and oxygen atoms in total. The lowest BCUT2D eigenvalue weighted by molar-refractivity contribution is -0.271. The number of para-hydroxylation sites is 1. The molecule has 3 aromatic heterocycles. The third-order valence-electron chi connectivity index (χ3n) is 17.8. The van der Waals surface area contributed by atoms with Gasteiger partial charge in [-0.1, -0.05) is 49.4 Å². The zero-order valence-corrected chi connectivity index (χ0v) is 50.5. The van der Waals surface area contributed by atoms with Gasteiger partial charge in [0, 0.05) is 73.3 Å². The molecule has 2 unspecified atom stereocenters. The molecule has 0 radical (unpaired) electrons. The minimum atomic E-state index is -1.93. The van der Waals surface area contributed by atoms with E-state index in [4.69, 9.17) is 44.2 Å². The Labute approximate surface area is 516 Å². The number of thiazole rings is 1. The molecule has 474 valence electrons. The quantitative estimate of drug-likeness (QED) is 0.0294. The van der Waals surface area contributed by atoms with Crippen LogP contribution in [-0.2, 0) is 54.7 Å². The van der Waals surface area contributed by atoms with Crippen molar-refractivity contribution in [1.82, 2.24) is 24.6 Å². The minimum absolute atomic E-state index is 0.00517. The summed E-state index contributed by atoms with van der Waals surface area (Å²) in [5.74, 6) is -3.54. The number of aliphatic hydroxyl groups is 3. The molecule has 4 aliphatic carbocycles. The van der Waals surface area contributed by atoms with E-state index in [9.17, 15) is 54.6 Å². The van der Waals surface area contributed by atoms with E-state index in [1.54, 1.807) is 18.3 Å². The number of fused-ring (bicyclic) bond motifs is 2. The molecule has 26 heteroatoms. The van der Waals surface area contributed by atoms with Crippen LogP contribution in [0.5, 0.6) is 11.5 Å². The van der Waals surface area contributed by atoms with Gasteiger partial charge in [-0.2, -0.15) is 5.10 Å². The number of carboxylic acid groups (broad SMARTS) is 3. The molecular formula is C63H74N8O17S. The summed E-state index contributed by atoms with van der Waals surface area (Å²) in [4.78, 5) is 77.2. The fraction of sp³-hybridized carbons (Fsp3) is 0.492. The molecule has 7 atom stereocenters. The highest BCUT2D eigenvalue weighted by Crippen LogP contribution is 2.72. The van der Waals surface area contributed by atoms with Crippen LogP contribution in [0.3, 0.4) is 0 Å². The number of nitrogens with two attached hydrogens (primary N) is 1. The number of amides is 2. The molecule has 12 rings (SSSR count). The average molecular weight is 1250 g/mol. The SMILES string of the molecule is Cc1c(-c2ccc(N3CCc4cccc(C(=O)Nc5nc6ccccc6s5)c4C3)nc2C(=O)O)cnn1CC12CC3(C)CC(C)(C1)CC(OCCN(CCC(=O)O)C(=O)OCc1ccc(O[C@@H]4O[C@H](C(=O)O)[C@@H](O)[C@H](O)[C@H]4O)cc1OCCOCCN)(C3)C2. The second kappa shape index (κ2) is 25.6. The number of anilines is 2. The molecule has 2 aliphatic heterocycles. The molecule has 3 aromatic carbocycles. The van der Waals surface area contributed by atoms with Crippen LogP contribution in [0.2, 0.25) is 0 Å². The van der Waals surface area contributed by atoms with Crippen molar-refractivity contribution in [3.63, 3.8) is 0 Å². The normalized spacial score (nSPS) is 26.0. The van der Waals surface area contributed by atoms with Gasteiger partial charge in [0.25, 0.3) is 5.91 Å². The zero-order chi connectivity index (χ0) is 63.0. The number of aliphatic carboxylic acids is 2. The number of benzene rings is 3. The molecule has 4 saturated carbocycles. The Morgan fingerprint density at radius 2 is 1.63 bits per heavy atom. The molecular weight excluding hydrogens is 1170 g/mol. The van der Waals surface area contributed by atoms with Crippen LogP contribution < -0.4 is 25.4 Å². The minimum Gasteiger partial charge on any atom is -0.491 e. The first-order chi connectivity index (χ1) is 42.5. The third kappa shape index (κ3) is 13.5. The topological polar surface area (TPSA) is 350 Å². The van der Waals surface area contributed by atoms with Crippen LogP contribution in [0.1, 0.15) is 102 Å². The van der Waals surface area contributed by atoms with Gasteiger partial charge in [0.15, 0.2) is 16.9 Å². The van der Waals surface area contributed by atoms with Crippen molar-refractivity contribution in [2.24, 2.45) is 22.0 Å². The van der Waals surface area contributed by atoms with Gasteiger partial charge in [0.05, 0.1) is 48.3 Å². The number of aliphatic hydroxyl groups excluding tert-OH is 3. The van der Waals surface area contributed by atoms with Gasteiger partial charge in [-0.15, -0.1) is 0 Å². The van der Waals surface area contributed by atoms with Gasteiger partial charge in [0.2, 0.25) is 6.29 Å². The van der Waals surface area contributed by atoms with Gasteiger partial charge in [-0.05, 0) is 122 Å². The monoisotopic (exact) mass is 1250 g/mol.